The maximum absolute atomic E-state index is 13.0. The van der Waals surface area contributed by atoms with Crippen LogP contribution in [0.1, 0.15) is 49.9 Å². The number of nitriles is 1. The number of nitrogens with zero attached hydrogens (tertiary/aromatic N) is 3. The van der Waals surface area contributed by atoms with Crippen molar-refractivity contribution in [2.24, 2.45) is 0 Å². The molecule has 1 aromatic heterocycles. The van der Waals surface area contributed by atoms with Gasteiger partial charge in [0.2, 0.25) is 5.91 Å². The number of pyridine rings is 1. The Balaban J connectivity index is 1.85. The number of ether oxygens (including phenoxy) is 1. The third-order valence-electron chi connectivity index (χ3n) is 5.16. The highest BCUT2D eigenvalue weighted by Gasteiger charge is 2.22. The number of nitrogens with one attached hydrogen (secondary N) is 1. The molecule has 0 radical (unpaired) electrons. The first-order valence-electron chi connectivity index (χ1n) is 11.2. The Hall–Kier alpha value is -3.92. The Morgan fingerprint density at radius 1 is 1.09 bits per heavy atom. The summed E-state index contributed by atoms with van der Waals surface area (Å²) >= 11 is 0. The summed E-state index contributed by atoms with van der Waals surface area (Å²) in [5.41, 5.74) is 3.68. The van der Waals surface area contributed by atoms with Gasteiger partial charge in [-0.25, -0.2) is 9.78 Å². The van der Waals surface area contributed by atoms with Crippen LogP contribution in [0.25, 0.3) is 10.9 Å². The summed E-state index contributed by atoms with van der Waals surface area (Å²) in [7, 11) is 0. The molecule has 34 heavy (non-hydrogen) atoms. The molecule has 7 nitrogen and oxygen atoms in total. The fourth-order valence-electron chi connectivity index (χ4n) is 3.58. The van der Waals surface area contributed by atoms with Crippen molar-refractivity contribution >= 4 is 28.7 Å². The first kappa shape index (κ1) is 24.7. The summed E-state index contributed by atoms with van der Waals surface area (Å²) in [6, 6.07) is 17.2. The lowest BCUT2D eigenvalue weighted by Gasteiger charge is -2.27. The van der Waals surface area contributed by atoms with Gasteiger partial charge in [0.1, 0.15) is 11.4 Å². The maximum Gasteiger partial charge on any atom is 0.410 e. The normalized spacial score (nSPS) is 11.1. The fourth-order valence-corrected chi connectivity index (χ4v) is 3.58. The van der Waals surface area contributed by atoms with E-state index in [2.05, 4.69) is 16.4 Å². The number of rotatable bonds is 6. The number of aromatic nitrogens is 1. The van der Waals surface area contributed by atoms with E-state index >= 15 is 0 Å². The number of carbonyl (C=O) groups excluding carboxylic acids is 2. The van der Waals surface area contributed by atoms with Crippen LogP contribution < -0.4 is 5.32 Å². The van der Waals surface area contributed by atoms with Gasteiger partial charge < -0.3 is 15.0 Å². The standard InChI is InChI=1S/C27H30N4O3/c1-18-14-25(29-19(2)32)30-24-15-22(10-11-23(18)24)17-31(26(33)34-27(3,4)5)13-12-20-6-8-21(16-28)9-7-20/h6-11,14-15H,12-13,17H2,1-5H3,(H,29,30,32). The summed E-state index contributed by atoms with van der Waals surface area (Å²) in [4.78, 5) is 30.7. The van der Waals surface area contributed by atoms with E-state index in [9.17, 15) is 9.59 Å². The third kappa shape index (κ3) is 6.79. The quantitative estimate of drug-likeness (QED) is 0.537. The number of amides is 2. The summed E-state index contributed by atoms with van der Waals surface area (Å²) in [5.74, 6) is 0.320. The molecule has 7 heteroatoms. The van der Waals surface area contributed by atoms with Gasteiger partial charge in [0.05, 0.1) is 17.1 Å². The van der Waals surface area contributed by atoms with E-state index in [4.69, 9.17) is 10.00 Å². The molecule has 176 valence electrons. The molecule has 0 unspecified atom stereocenters. The van der Waals surface area contributed by atoms with Gasteiger partial charge in [0.15, 0.2) is 0 Å². The molecule has 2 amide bonds. The number of hydrogen-bond acceptors (Lipinski definition) is 5. The molecule has 0 aliphatic rings. The van der Waals surface area contributed by atoms with Crippen LogP contribution in [0.15, 0.2) is 48.5 Å². The van der Waals surface area contributed by atoms with Crippen molar-refractivity contribution < 1.29 is 14.3 Å². The first-order valence-corrected chi connectivity index (χ1v) is 11.2. The monoisotopic (exact) mass is 458 g/mol. The molecule has 0 bridgehead atoms. The van der Waals surface area contributed by atoms with Gasteiger partial charge in [-0.3, -0.25) is 4.79 Å². The van der Waals surface area contributed by atoms with Crippen molar-refractivity contribution in [2.75, 3.05) is 11.9 Å². The van der Waals surface area contributed by atoms with Crippen molar-refractivity contribution in [1.82, 2.24) is 9.88 Å². The Labute approximate surface area is 200 Å². The highest BCUT2D eigenvalue weighted by atomic mass is 16.6. The van der Waals surface area contributed by atoms with Crippen LogP contribution in [0.5, 0.6) is 0 Å². The minimum absolute atomic E-state index is 0.179. The zero-order chi connectivity index (χ0) is 24.9. The predicted molar refractivity (Wildman–Crippen MR) is 132 cm³/mol. The highest BCUT2D eigenvalue weighted by Crippen LogP contribution is 2.23. The van der Waals surface area contributed by atoms with E-state index in [0.717, 1.165) is 27.6 Å². The zero-order valence-electron chi connectivity index (χ0n) is 20.3. The molecular formula is C27H30N4O3. The molecule has 1 heterocycles. The fraction of sp³-hybridized carbons (Fsp3) is 0.333. The zero-order valence-corrected chi connectivity index (χ0v) is 20.3. The van der Waals surface area contributed by atoms with Crippen LogP contribution in [0.3, 0.4) is 0 Å². The predicted octanol–water partition coefficient (Wildman–Crippen LogP) is 5.35. The van der Waals surface area contributed by atoms with Gasteiger partial charge in [-0.1, -0.05) is 24.3 Å². The number of benzene rings is 2. The second-order valence-electron chi connectivity index (χ2n) is 9.32. The van der Waals surface area contributed by atoms with E-state index in [-0.39, 0.29) is 5.91 Å². The minimum atomic E-state index is -0.612. The van der Waals surface area contributed by atoms with Crippen molar-refractivity contribution in [3.8, 4) is 6.07 Å². The molecule has 1 N–H and O–H groups in total. The Bertz CT molecular complexity index is 1240. The molecule has 0 aliphatic heterocycles. The van der Waals surface area contributed by atoms with Gasteiger partial charge in [0, 0.05) is 25.4 Å². The number of aryl methyl sites for hydroxylation is 1. The smallest absolute Gasteiger partial charge is 0.410 e. The van der Waals surface area contributed by atoms with E-state index in [1.807, 2.05) is 64.1 Å². The topological polar surface area (TPSA) is 95.3 Å². The molecule has 0 saturated heterocycles. The summed E-state index contributed by atoms with van der Waals surface area (Å²) in [6.45, 7) is 9.76. The third-order valence-corrected chi connectivity index (χ3v) is 5.16. The lowest BCUT2D eigenvalue weighted by molar-refractivity contribution is -0.114. The molecule has 0 fully saturated rings. The van der Waals surface area contributed by atoms with E-state index < -0.39 is 11.7 Å². The molecule has 0 saturated carbocycles. The van der Waals surface area contributed by atoms with Gasteiger partial charge in [-0.15, -0.1) is 0 Å². The SMILES string of the molecule is CC(=O)Nc1cc(C)c2ccc(CN(CCc3ccc(C#N)cc3)C(=O)OC(C)(C)C)cc2n1. The maximum atomic E-state index is 13.0. The summed E-state index contributed by atoms with van der Waals surface area (Å²) in [5, 5.41) is 12.7. The molecule has 3 rings (SSSR count). The Kier molecular flexibility index (Phi) is 7.52. The van der Waals surface area contributed by atoms with Gasteiger partial charge in [0.25, 0.3) is 0 Å². The van der Waals surface area contributed by atoms with Crippen LogP contribution in [0.4, 0.5) is 10.6 Å². The van der Waals surface area contributed by atoms with Crippen LogP contribution in [0, 0.1) is 18.3 Å². The molecule has 0 spiro atoms. The van der Waals surface area contributed by atoms with Crippen molar-refractivity contribution in [3.63, 3.8) is 0 Å². The van der Waals surface area contributed by atoms with Crippen molar-refractivity contribution in [3.05, 3.63) is 70.8 Å². The van der Waals surface area contributed by atoms with Crippen molar-refractivity contribution in [1.29, 1.82) is 5.26 Å². The minimum Gasteiger partial charge on any atom is -0.444 e. The number of fused-ring (bicyclic) bond motifs is 1. The lowest BCUT2D eigenvalue weighted by atomic mass is 10.1. The van der Waals surface area contributed by atoms with Crippen LogP contribution >= 0.6 is 0 Å². The van der Waals surface area contributed by atoms with Crippen LogP contribution in [-0.2, 0) is 22.5 Å². The molecule has 2 aromatic carbocycles. The average Bonchev–Trinajstić information content (AvgIpc) is 2.75. The number of hydrogen-bond donors (Lipinski definition) is 1. The van der Waals surface area contributed by atoms with E-state index in [0.29, 0.717) is 30.9 Å². The van der Waals surface area contributed by atoms with Crippen LogP contribution in [-0.4, -0.2) is 34.0 Å². The van der Waals surface area contributed by atoms with Gasteiger partial charge in [-0.05, 0) is 75.1 Å². The molecular weight excluding hydrogens is 428 g/mol. The Morgan fingerprint density at radius 3 is 2.38 bits per heavy atom. The van der Waals surface area contributed by atoms with E-state index in [1.54, 1.807) is 17.0 Å². The van der Waals surface area contributed by atoms with Crippen LogP contribution in [0.2, 0.25) is 0 Å². The summed E-state index contributed by atoms with van der Waals surface area (Å²) in [6.07, 6.45) is 0.236. The first-order chi connectivity index (χ1) is 16.0. The molecule has 3 aromatic rings. The second kappa shape index (κ2) is 10.3. The number of anilines is 1. The second-order valence-corrected chi connectivity index (χ2v) is 9.32. The lowest BCUT2D eigenvalue weighted by Crippen LogP contribution is -2.37. The number of carbonyl (C=O) groups is 2. The van der Waals surface area contributed by atoms with Gasteiger partial charge >= 0.3 is 6.09 Å². The molecule has 0 atom stereocenters. The highest BCUT2D eigenvalue weighted by molar-refractivity contribution is 5.91. The van der Waals surface area contributed by atoms with Crippen molar-refractivity contribution in [2.45, 2.75) is 53.2 Å². The molecule has 0 aliphatic carbocycles. The Morgan fingerprint density at radius 2 is 1.76 bits per heavy atom. The summed E-state index contributed by atoms with van der Waals surface area (Å²) < 4.78 is 5.65. The van der Waals surface area contributed by atoms with E-state index in [1.165, 1.54) is 6.92 Å². The van der Waals surface area contributed by atoms with Gasteiger partial charge in [-0.2, -0.15) is 5.26 Å². The largest absolute Gasteiger partial charge is 0.444 e. The average molecular weight is 459 g/mol.